The minimum absolute atomic E-state index is 0.411. The Labute approximate surface area is 449 Å². The molecule has 0 aliphatic heterocycles. The van der Waals surface area contributed by atoms with Crippen molar-refractivity contribution in [2.45, 2.75) is 0 Å². The molecule has 368 valence electrons. The molecule has 7 aromatic carbocycles. The van der Waals surface area contributed by atoms with Gasteiger partial charge in [-0.25, -0.2) is 9.97 Å². The van der Waals surface area contributed by atoms with Gasteiger partial charge >= 0.3 is 0 Å². The van der Waals surface area contributed by atoms with Crippen LogP contribution < -0.4 is 0 Å². The highest BCUT2D eigenvalue weighted by Gasteiger charge is 2.37. The Hall–Kier alpha value is -11.0. The van der Waals surface area contributed by atoms with E-state index in [0.717, 1.165) is 132 Å². The number of benzene rings is 7. The lowest BCUT2D eigenvalue weighted by molar-refractivity contribution is 0.619. The summed E-state index contributed by atoms with van der Waals surface area (Å²) in [4.78, 5) is 31.2. The maximum atomic E-state index is 7.37. The van der Waals surface area contributed by atoms with Crippen LogP contribution in [0.4, 0.5) is 0 Å². The summed E-state index contributed by atoms with van der Waals surface area (Å²) in [5, 5.41) is 8.41. The Morgan fingerprint density at radius 2 is 0.646 bits per heavy atom. The second kappa shape index (κ2) is 16.7. The van der Waals surface area contributed by atoms with E-state index in [1.54, 1.807) is 0 Å². The molecule has 0 bridgehead atoms. The molecule has 0 saturated heterocycles. The van der Waals surface area contributed by atoms with Crippen LogP contribution >= 0.6 is 0 Å². The maximum absolute atomic E-state index is 7.37. The van der Waals surface area contributed by atoms with Gasteiger partial charge in [0.2, 0.25) is 5.89 Å². The average Bonchev–Trinajstić information content (AvgIpc) is 4.54. The topological polar surface area (TPSA) is 110 Å². The van der Waals surface area contributed by atoms with E-state index in [-0.39, 0.29) is 0 Å². The van der Waals surface area contributed by atoms with Gasteiger partial charge in [0, 0.05) is 73.4 Å². The summed E-state index contributed by atoms with van der Waals surface area (Å²) in [6, 6.07) is 67.8. The Kier molecular flexibility index (Phi) is 9.15. The first-order valence-electron chi connectivity index (χ1n) is 26.2. The highest BCUT2D eigenvalue weighted by molar-refractivity contribution is 6.18. The minimum Gasteiger partial charge on any atom is -0.436 e. The molecule has 17 aromatic rings. The lowest BCUT2D eigenvalue weighted by atomic mass is 9.94. The standard InChI is InChI=1S/C68H40N10O/c1-2-15-41(16-3-1)50-22-14-23-52(73-50)62-64(75-53-24-9-4-17-42(53)46-29-33-69-37-57(46)75)66(77-55-26-11-6-19-44(55)48-31-35-71-39-59(48)77)63(68-74-51-21-8-13-28-61(51)79-68)67(78-56-27-12-7-20-45(56)49-32-36-72-40-60(49)78)65(62)76-54-25-10-5-18-43(54)47-30-34-70-38-58(47)76/h1-40H. The zero-order chi connectivity index (χ0) is 51.7. The third kappa shape index (κ3) is 6.17. The fourth-order valence-electron chi connectivity index (χ4n) is 12.6. The van der Waals surface area contributed by atoms with Crippen LogP contribution in [0.1, 0.15) is 0 Å². The van der Waals surface area contributed by atoms with Crippen molar-refractivity contribution in [1.29, 1.82) is 0 Å². The van der Waals surface area contributed by atoms with E-state index in [4.69, 9.17) is 34.3 Å². The third-order valence-electron chi connectivity index (χ3n) is 15.8. The summed E-state index contributed by atoms with van der Waals surface area (Å²) in [5.41, 5.74) is 16.1. The number of rotatable bonds is 7. The molecule has 0 saturated carbocycles. The van der Waals surface area contributed by atoms with Crippen molar-refractivity contribution < 1.29 is 4.42 Å². The van der Waals surface area contributed by atoms with Crippen LogP contribution in [0.2, 0.25) is 0 Å². The maximum Gasteiger partial charge on any atom is 0.231 e. The largest absolute Gasteiger partial charge is 0.436 e. The number of fused-ring (bicyclic) bond motifs is 13. The smallest absolute Gasteiger partial charge is 0.231 e. The SMILES string of the molecule is c1ccc(-c2cccc(-c3c(-n4c5ccccc5c5ccncc54)c(-n4c5ccccc5c5ccncc54)c(-c4nc5ccccc5o4)c(-n4c5ccccc5c5ccncc54)c3-n3c4ccccc4c4ccncc43)n2)cc1. The van der Waals surface area contributed by atoms with E-state index >= 15 is 0 Å². The summed E-state index contributed by atoms with van der Waals surface area (Å²) in [6.07, 6.45) is 15.4. The van der Waals surface area contributed by atoms with Crippen LogP contribution in [-0.4, -0.2) is 48.2 Å². The number of para-hydroxylation sites is 6. The van der Waals surface area contributed by atoms with E-state index in [9.17, 15) is 0 Å². The summed E-state index contributed by atoms with van der Waals surface area (Å²) in [5.74, 6) is 0.411. The molecule has 0 unspecified atom stereocenters. The molecule has 11 heteroatoms. The quantitative estimate of drug-likeness (QED) is 0.156. The minimum atomic E-state index is 0.411. The van der Waals surface area contributed by atoms with Crippen molar-refractivity contribution in [3.63, 3.8) is 0 Å². The first-order valence-corrected chi connectivity index (χ1v) is 26.2. The van der Waals surface area contributed by atoms with Gasteiger partial charge in [0.25, 0.3) is 0 Å². The summed E-state index contributed by atoms with van der Waals surface area (Å²) >= 11 is 0. The molecule has 0 fully saturated rings. The number of hydrogen-bond donors (Lipinski definition) is 0. The van der Waals surface area contributed by atoms with Gasteiger partial charge in [-0.2, -0.15) is 0 Å². The van der Waals surface area contributed by atoms with Gasteiger partial charge in [0.1, 0.15) is 5.52 Å². The van der Waals surface area contributed by atoms with E-state index in [2.05, 4.69) is 182 Å². The van der Waals surface area contributed by atoms with Crippen LogP contribution in [0.3, 0.4) is 0 Å². The molecule has 79 heavy (non-hydrogen) atoms. The zero-order valence-corrected chi connectivity index (χ0v) is 42.0. The first-order chi connectivity index (χ1) is 39.3. The van der Waals surface area contributed by atoms with Crippen LogP contribution in [0.15, 0.2) is 248 Å². The molecule has 0 radical (unpaired) electrons. The molecule has 10 heterocycles. The number of nitrogens with zero attached hydrogens (tertiary/aromatic N) is 10. The van der Waals surface area contributed by atoms with Gasteiger partial charge in [-0.3, -0.25) is 19.9 Å². The van der Waals surface area contributed by atoms with Crippen molar-refractivity contribution in [2.75, 3.05) is 0 Å². The molecule has 17 rings (SSSR count). The normalized spacial score (nSPS) is 12.1. The van der Waals surface area contributed by atoms with E-state index in [1.807, 2.05) is 79.9 Å². The molecule has 0 aliphatic carbocycles. The van der Waals surface area contributed by atoms with Gasteiger partial charge in [-0.05, 0) is 72.8 Å². The van der Waals surface area contributed by atoms with Crippen molar-refractivity contribution in [3.05, 3.63) is 244 Å². The van der Waals surface area contributed by atoms with E-state index in [0.29, 0.717) is 22.6 Å². The number of oxazole rings is 1. The second-order valence-electron chi connectivity index (χ2n) is 19.9. The predicted octanol–water partition coefficient (Wildman–Crippen LogP) is 16.2. The van der Waals surface area contributed by atoms with Gasteiger partial charge in [0.15, 0.2) is 5.58 Å². The van der Waals surface area contributed by atoms with Crippen molar-refractivity contribution in [3.8, 4) is 56.7 Å². The van der Waals surface area contributed by atoms with E-state index in [1.165, 1.54) is 0 Å². The second-order valence-corrected chi connectivity index (χ2v) is 19.9. The summed E-state index contributed by atoms with van der Waals surface area (Å²) in [7, 11) is 0. The molecule has 0 amide bonds. The van der Waals surface area contributed by atoms with Crippen LogP contribution in [0.25, 0.3) is 155 Å². The average molecular weight is 1010 g/mol. The van der Waals surface area contributed by atoms with Crippen molar-refractivity contribution in [1.82, 2.24) is 48.2 Å². The lowest BCUT2D eigenvalue weighted by Gasteiger charge is -2.30. The number of hydrogen-bond acceptors (Lipinski definition) is 7. The van der Waals surface area contributed by atoms with Crippen molar-refractivity contribution >= 4 is 98.3 Å². The molecule has 0 atom stereocenters. The monoisotopic (exact) mass is 1010 g/mol. The van der Waals surface area contributed by atoms with Crippen LogP contribution in [0, 0.1) is 0 Å². The van der Waals surface area contributed by atoms with Crippen LogP contribution in [0.5, 0.6) is 0 Å². The Bertz CT molecular complexity index is 4850. The fourth-order valence-corrected chi connectivity index (χ4v) is 12.6. The highest BCUT2D eigenvalue weighted by Crippen LogP contribution is 2.54. The Balaban J connectivity index is 1.26. The Morgan fingerprint density at radius 3 is 1.09 bits per heavy atom. The zero-order valence-electron chi connectivity index (χ0n) is 42.0. The predicted molar refractivity (Wildman–Crippen MR) is 317 cm³/mol. The number of aromatic nitrogens is 10. The van der Waals surface area contributed by atoms with Gasteiger partial charge in [0.05, 0.1) is 114 Å². The summed E-state index contributed by atoms with van der Waals surface area (Å²) < 4.78 is 16.9. The molecular weight excluding hydrogens is 973 g/mol. The first kappa shape index (κ1) is 43.2. The fraction of sp³-hybridized carbons (Fsp3) is 0. The molecule has 11 nitrogen and oxygen atoms in total. The number of pyridine rings is 5. The van der Waals surface area contributed by atoms with Gasteiger partial charge < -0.3 is 22.7 Å². The van der Waals surface area contributed by atoms with Gasteiger partial charge in [-0.15, -0.1) is 0 Å². The van der Waals surface area contributed by atoms with E-state index < -0.39 is 0 Å². The highest BCUT2D eigenvalue weighted by atomic mass is 16.3. The molecule has 0 aliphatic rings. The molecule has 0 spiro atoms. The summed E-state index contributed by atoms with van der Waals surface area (Å²) in [6.45, 7) is 0. The third-order valence-corrected chi connectivity index (χ3v) is 15.8. The lowest BCUT2D eigenvalue weighted by Crippen LogP contribution is -2.16. The van der Waals surface area contributed by atoms with Crippen LogP contribution in [-0.2, 0) is 0 Å². The van der Waals surface area contributed by atoms with Gasteiger partial charge in [-0.1, -0.05) is 121 Å². The molecule has 10 aromatic heterocycles. The van der Waals surface area contributed by atoms with Crippen molar-refractivity contribution in [2.24, 2.45) is 0 Å². The Morgan fingerprint density at radius 1 is 0.278 bits per heavy atom. The molecular formula is C68H40N10O. The molecule has 0 N–H and O–H groups in total.